The first kappa shape index (κ1) is 27.1. The van der Waals surface area contributed by atoms with E-state index in [1.54, 1.807) is 42.5 Å². The van der Waals surface area contributed by atoms with E-state index in [4.69, 9.17) is 4.74 Å². The van der Waals surface area contributed by atoms with Gasteiger partial charge in [-0.05, 0) is 49.4 Å². The Bertz CT molecular complexity index is 1680. The highest BCUT2D eigenvalue weighted by Crippen LogP contribution is 2.64. The highest BCUT2D eigenvalue weighted by molar-refractivity contribution is 6.24. The second-order valence-corrected chi connectivity index (χ2v) is 12.2. The molecule has 8 heteroatoms. The Balaban J connectivity index is 1.33. The second-order valence-electron chi connectivity index (χ2n) is 12.2. The van der Waals surface area contributed by atoms with Gasteiger partial charge in [0.2, 0.25) is 23.6 Å². The van der Waals surface area contributed by atoms with Crippen LogP contribution in [0, 0.1) is 29.1 Å². The molecule has 2 aliphatic heterocycles. The molecule has 3 aromatic rings. The van der Waals surface area contributed by atoms with E-state index in [2.05, 4.69) is 0 Å². The monoisotopic (exact) mass is 576 g/mol. The molecule has 2 heterocycles. The lowest BCUT2D eigenvalue weighted by Gasteiger charge is -2.49. The van der Waals surface area contributed by atoms with Crippen molar-refractivity contribution in [1.29, 1.82) is 0 Å². The fourth-order valence-corrected chi connectivity index (χ4v) is 7.94. The molecular weight excluding hydrogens is 544 g/mol. The summed E-state index contributed by atoms with van der Waals surface area (Å²) in [6.45, 7) is 2.13. The number of hydrogen-bond donors (Lipinski definition) is 1. The normalized spacial score (nSPS) is 29.7. The van der Waals surface area contributed by atoms with Crippen LogP contribution in [0.15, 0.2) is 90.5 Å². The SMILES string of the molecule is CN1C(=O)C2CC=C3C(CC4C(=O)N(c5ccccc5)C(=O)C4(C)C3c3ccc(OCc4ccccc4)cc3O)C2C1=O. The average molecular weight is 577 g/mol. The van der Waals surface area contributed by atoms with Gasteiger partial charge in [0, 0.05) is 24.6 Å². The molecule has 4 aliphatic rings. The largest absolute Gasteiger partial charge is 0.508 e. The van der Waals surface area contributed by atoms with E-state index in [1.807, 2.05) is 49.4 Å². The zero-order valence-corrected chi connectivity index (χ0v) is 24.0. The standard InChI is InChI=1S/C35H32N2O6/c1-35-27(32(40)37(34(35)42)21-11-7-4-8-12-21)18-26-23(15-16-25-29(26)33(41)36(2)31(25)39)30(35)24-14-13-22(17-28(24)38)43-19-20-9-5-3-6-10-20/h3-15,17,25-27,29-30,38H,16,18-19H2,1-2H3. The van der Waals surface area contributed by atoms with Crippen LogP contribution < -0.4 is 9.64 Å². The lowest BCUT2D eigenvalue weighted by Crippen LogP contribution is -2.48. The highest BCUT2D eigenvalue weighted by atomic mass is 16.5. The first-order chi connectivity index (χ1) is 20.7. The number of nitrogens with zero attached hydrogens (tertiary/aromatic N) is 2. The number of allylic oxidation sites excluding steroid dienone is 2. The number of likely N-dealkylation sites (tertiary alicyclic amines) is 1. The van der Waals surface area contributed by atoms with Gasteiger partial charge in [0.1, 0.15) is 18.1 Å². The summed E-state index contributed by atoms with van der Waals surface area (Å²) in [6.07, 6.45) is 2.62. The van der Waals surface area contributed by atoms with Gasteiger partial charge in [0.15, 0.2) is 0 Å². The number of anilines is 1. The van der Waals surface area contributed by atoms with Crippen molar-refractivity contribution in [3.63, 3.8) is 0 Å². The molecule has 1 N–H and O–H groups in total. The molecule has 2 aliphatic carbocycles. The smallest absolute Gasteiger partial charge is 0.241 e. The van der Waals surface area contributed by atoms with E-state index in [0.717, 1.165) is 11.1 Å². The van der Waals surface area contributed by atoms with Gasteiger partial charge in [-0.1, -0.05) is 66.2 Å². The molecule has 43 heavy (non-hydrogen) atoms. The number of carbonyl (C=O) groups excluding carboxylic acids is 4. The number of amides is 4. The van der Waals surface area contributed by atoms with Gasteiger partial charge in [-0.3, -0.25) is 24.1 Å². The van der Waals surface area contributed by atoms with Crippen molar-refractivity contribution in [2.24, 2.45) is 29.1 Å². The van der Waals surface area contributed by atoms with Crippen LogP contribution in [0.4, 0.5) is 5.69 Å². The third-order valence-electron chi connectivity index (χ3n) is 10.1. The average Bonchev–Trinajstić information content (AvgIpc) is 3.36. The Morgan fingerprint density at radius 3 is 2.28 bits per heavy atom. The van der Waals surface area contributed by atoms with Gasteiger partial charge in [-0.2, -0.15) is 0 Å². The fraction of sp³-hybridized carbons (Fsp3) is 0.314. The highest BCUT2D eigenvalue weighted by Gasteiger charge is 2.67. The van der Waals surface area contributed by atoms with Crippen LogP contribution >= 0.6 is 0 Å². The van der Waals surface area contributed by atoms with Crippen molar-refractivity contribution in [3.8, 4) is 11.5 Å². The summed E-state index contributed by atoms with van der Waals surface area (Å²) in [5.74, 6) is -3.64. The lowest BCUT2D eigenvalue weighted by atomic mass is 9.51. The van der Waals surface area contributed by atoms with Crippen LogP contribution in [-0.2, 0) is 25.8 Å². The van der Waals surface area contributed by atoms with Crippen LogP contribution in [0.2, 0.25) is 0 Å². The number of aromatic hydroxyl groups is 1. The Morgan fingerprint density at radius 1 is 0.884 bits per heavy atom. The summed E-state index contributed by atoms with van der Waals surface area (Å²) >= 11 is 0. The van der Waals surface area contributed by atoms with Crippen LogP contribution in [0.3, 0.4) is 0 Å². The first-order valence-electron chi connectivity index (χ1n) is 14.7. The number of rotatable bonds is 5. The molecule has 0 radical (unpaired) electrons. The van der Waals surface area contributed by atoms with Gasteiger partial charge in [-0.25, -0.2) is 4.90 Å². The topological polar surface area (TPSA) is 104 Å². The number of para-hydroxylation sites is 1. The third kappa shape index (κ3) is 3.96. The minimum atomic E-state index is -1.22. The number of carbonyl (C=O) groups is 4. The quantitative estimate of drug-likeness (QED) is 0.345. The van der Waals surface area contributed by atoms with Crippen molar-refractivity contribution in [2.45, 2.75) is 32.3 Å². The molecule has 3 fully saturated rings. The molecule has 0 spiro atoms. The number of hydrogen-bond acceptors (Lipinski definition) is 6. The third-order valence-corrected chi connectivity index (χ3v) is 10.1. The molecule has 7 rings (SSSR count). The molecule has 6 atom stereocenters. The molecule has 0 aromatic heterocycles. The van der Waals surface area contributed by atoms with E-state index >= 15 is 0 Å². The zero-order chi connectivity index (χ0) is 30.0. The van der Waals surface area contributed by atoms with E-state index in [0.29, 0.717) is 30.0 Å². The predicted octanol–water partition coefficient (Wildman–Crippen LogP) is 4.83. The Labute approximate surface area is 249 Å². The van der Waals surface area contributed by atoms with E-state index < -0.39 is 35.0 Å². The number of ether oxygens (including phenoxy) is 1. The maximum atomic E-state index is 14.4. The molecule has 8 nitrogen and oxygen atoms in total. The van der Waals surface area contributed by atoms with E-state index in [-0.39, 0.29) is 35.8 Å². The summed E-state index contributed by atoms with van der Waals surface area (Å²) in [5, 5.41) is 11.5. The van der Waals surface area contributed by atoms with Crippen LogP contribution in [0.1, 0.15) is 36.8 Å². The molecule has 6 unspecified atom stereocenters. The molecule has 3 aromatic carbocycles. The van der Waals surface area contributed by atoms with Gasteiger partial charge < -0.3 is 9.84 Å². The second kappa shape index (κ2) is 9.93. The summed E-state index contributed by atoms with van der Waals surface area (Å²) < 4.78 is 5.95. The predicted molar refractivity (Wildman–Crippen MR) is 158 cm³/mol. The van der Waals surface area contributed by atoms with E-state index in [1.165, 1.54) is 16.8 Å². The van der Waals surface area contributed by atoms with Gasteiger partial charge in [0.25, 0.3) is 0 Å². The maximum Gasteiger partial charge on any atom is 0.241 e. The molecule has 1 saturated carbocycles. The van der Waals surface area contributed by atoms with Gasteiger partial charge >= 0.3 is 0 Å². The Kier molecular flexibility index (Phi) is 6.27. The van der Waals surface area contributed by atoms with Crippen molar-refractivity contribution < 1.29 is 29.0 Å². The Morgan fingerprint density at radius 2 is 1.58 bits per heavy atom. The van der Waals surface area contributed by atoms with Crippen LogP contribution in [0.25, 0.3) is 0 Å². The molecular formula is C35H32N2O6. The summed E-state index contributed by atoms with van der Waals surface area (Å²) in [5.41, 5.74) is 1.58. The van der Waals surface area contributed by atoms with Crippen molar-refractivity contribution in [3.05, 3.63) is 102 Å². The summed E-state index contributed by atoms with van der Waals surface area (Å²) in [7, 11) is 1.51. The number of benzene rings is 3. The Hall–Kier alpha value is -4.72. The zero-order valence-electron chi connectivity index (χ0n) is 24.0. The van der Waals surface area contributed by atoms with Crippen molar-refractivity contribution in [1.82, 2.24) is 4.90 Å². The number of phenols is 1. The summed E-state index contributed by atoms with van der Waals surface area (Å²) in [4.78, 5) is 57.3. The summed E-state index contributed by atoms with van der Waals surface area (Å²) in [6, 6.07) is 23.6. The maximum absolute atomic E-state index is 14.4. The van der Waals surface area contributed by atoms with Gasteiger partial charge in [-0.15, -0.1) is 0 Å². The number of fused-ring (bicyclic) bond motifs is 4. The lowest BCUT2D eigenvalue weighted by molar-refractivity contribution is -0.138. The van der Waals surface area contributed by atoms with Crippen molar-refractivity contribution >= 4 is 29.3 Å². The molecule has 218 valence electrons. The first-order valence-corrected chi connectivity index (χ1v) is 14.7. The minimum Gasteiger partial charge on any atom is -0.508 e. The molecule has 2 saturated heterocycles. The molecule has 0 bridgehead atoms. The fourth-order valence-electron chi connectivity index (χ4n) is 7.94. The van der Waals surface area contributed by atoms with Crippen LogP contribution in [0.5, 0.6) is 11.5 Å². The van der Waals surface area contributed by atoms with Gasteiger partial charge in [0.05, 0.1) is 28.9 Å². The molecule has 4 amide bonds. The van der Waals surface area contributed by atoms with Crippen molar-refractivity contribution in [2.75, 3.05) is 11.9 Å². The van der Waals surface area contributed by atoms with Crippen LogP contribution in [-0.4, -0.2) is 40.7 Å². The number of imide groups is 2. The number of phenolic OH excluding ortho intramolecular Hbond substituents is 1. The van der Waals surface area contributed by atoms with E-state index in [9.17, 15) is 24.3 Å². The minimum absolute atomic E-state index is 0.0523.